The van der Waals surface area contributed by atoms with Gasteiger partial charge in [-0.15, -0.1) is 0 Å². The van der Waals surface area contributed by atoms with Gasteiger partial charge in [-0.1, -0.05) is 67.7 Å². The Labute approximate surface area is 253 Å². The summed E-state index contributed by atoms with van der Waals surface area (Å²) in [7, 11) is 0. The minimum Gasteiger partial charge on any atom is -0.508 e. The lowest BCUT2D eigenvalue weighted by Crippen LogP contribution is -2.34. The lowest BCUT2D eigenvalue weighted by atomic mass is 9.93. The molecule has 0 spiro atoms. The van der Waals surface area contributed by atoms with Crippen molar-refractivity contribution in [3.8, 4) is 34.5 Å². The Morgan fingerprint density at radius 2 is 1.35 bits per heavy atom. The first-order valence-corrected chi connectivity index (χ1v) is 14.7. The van der Waals surface area contributed by atoms with E-state index < -0.39 is 35.4 Å². The normalized spacial score (nSPS) is 17.0. The Kier molecular flexibility index (Phi) is 13.3. The van der Waals surface area contributed by atoms with Crippen LogP contribution < -0.4 is 4.74 Å². The number of hydrogen-bond acceptors (Lipinski definition) is 8. The fourth-order valence-electron chi connectivity index (χ4n) is 4.58. The number of esters is 1. The number of allylic oxidation sites excluding steroid dienone is 10. The summed E-state index contributed by atoms with van der Waals surface area (Å²) in [6, 6.07) is 4.90. The van der Waals surface area contributed by atoms with Crippen LogP contribution in [0.4, 0.5) is 0 Å². The molecule has 2 atom stereocenters. The highest BCUT2D eigenvalue weighted by atomic mass is 16.6. The van der Waals surface area contributed by atoms with Crippen LogP contribution in [-0.4, -0.2) is 37.6 Å². The molecule has 1 aliphatic rings. The summed E-state index contributed by atoms with van der Waals surface area (Å²) in [6.07, 6.45) is 25.7. The minimum atomic E-state index is -0.971. The van der Waals surface area contributed by atoms with Crippen molar-refractivity contribution in [3.05, 3.63) is 96.2 Å². The van der Waals surface area contributed by atoms with Crippen LogP contribution in [0.15, 0.2) is 85.0 Å². The van der Waals surface area contributed by atoms with Crippen LogP contribution in [0.3, 0.4) is 0 Å². The summed E-state index contributed by atoms with van der Waals surface area (Å²) < 4.78 is 11.7. The third kappa shape index (κ3) is 10.6. The fraction of sp³-hybridized carbons (Fsp3) is 0.343. The molecule has 2 unspecified atom stereocenters. The van der Waals surface area contributed by atoms with Gasteiger partial charge in [0.2, 0.25) is 0 Å². The van der Waals surface area contributed by atoms with E-state index in [1.165, 1.54) is 24.3 Å². The van der Waals surface area contributed by atoms with Gasteiger partial charge in [-0.25, -0.2) is 0 Å². The lowest BCUT2D eigenvalue weighted by molar-refractivity contribution is -0.155. The number of hydrogen-bond donors (Lipinski definition) is 5. The number of carbonyl (C=O) groups is 1. The van der Waals surface area contributed by atoms with Crippen molar-refractivity contribution in [1.29, 1.82) is 0 Å². The van der Waals surface area contributed by atoms with Crippen molar-refractivity contribution < 1.29 is 39.8 Å². The molecule has 5 N–H and O–H groups in total. The largest absolute Gasteiger partial charge is 0.508 e. The summed E-state index contributed by atoms with van der Waals surface area (Å²) in [5.41, 5.74) is 0.607. The van der Waals surface area contributed by atoms with E-state index in [0.717, 1.165) is 32.1 Å². The zero-order chi connectivity index (χ0) is 31.0. The highest BCUT2D eigenvalue weighted by molar-refractivity contribution is 5.70. The van der Waals surface area contributed by atoms with Gasteiger partial charge in [0.15, 0.2) is 23.4 Å². The van der Waals surface area contributed by atoms with E-state index in [0.29, 0.717) is 18.4 Å². The Morgan fingerprint density at radius 3 is 1.93 bits per heavy atom. The molecule has 230 valence electrons. The molecule has 2 aromatic carbocycles. The summed E-state index contributed by atoms with van der Waals surface area (Å²) in [5.74, 6) is -2.50. The van der Waals surface area contributed by atoms with Crippen LogP contribution in [0.5, 0.6) is 34.5 Å². The molecule has 0 bridgehead atoms. The smallest absolute Gasteiger partial charge is 0.306 e. The molecule has 3 rings (SSSR count). The number of phenols is 5. The second-order valence-electron chi connectivity index (χ2n) is 10.2. The monoisotopic (exact) mass is 590 g/mol. The van der Waals surface area contributed by atoms with Gasteiger partial charge in [-0.3, -0.25) is 4.79 Å². The maximum absolute atomic E-state index is 12.7. The molecule has 0 radical (unpaired) electrons. The van der Waals surface area contributed by atoms with Gasteiger partial charge in [0, 0.05) is 36.1 Å². The molecule has 0 amide bonds. The second kappa shape index (κ2) is 17.4. The quantitative estimate of drug-likeness (QED) is 0.0615. The van der Waals surface area contributed by atoms with E-state index in [1.807, 2.05) is 6.08 Å². The van der Waals surface area contributed by atoms with E-state index >= 15 is 0 Å². The number of ether oxygens (including phenoxy) is 2. The summed E-state index contributed by atoms with van der Waals surface area (Å²) in [4.78, 5) is 12.7. The third-order valence-electron chi connectivity index (χ3n) is 6.78. The summed E-state index contributed by atoms with van der Waals surface area (Å²) in [6.45, 7) is 2.13. The topological polar surface area (TPSA) is 137 Å². The maximum Gasteiger partial charge on any atom is 0.306 e. The average molecular weight is 591 g/mol. The molecule has 8 nitrogen and oxygen atoms in total. The van der Waals surface area contributed by atoms with E-state index in [1.54, 1.807) is 0 Å². The molecule has 0 saturated heterocycles. The second-order valence-corrected chi connectivity index (χ2v) is 10.2. The Balaban J connectivity index is 1.45. The van der Waals surface area contributed by atoms with Gasteiger partial charge in [0.05, 0.1) is 0 Å². The molecule has 43 heavy (non-hydrogen) atoms. The number of unbranched alkanes of at least 4 members (excludes halogenated alkanes) is 1. The molecule has 0 saturated carbocycles. The molecule has 0 fully saturated rings. The minimum absolute atomic E-state index is 0.0784. The first-order chi connectivity index (χ1) is 20.8. The van der Waals surface area contributed by atoms with Gasteiger partial charge in [-0.2, -0.15) is 0 Å². The number of rotatable bonds is 15. The van der Waals surface area contributed by atoms with Crippen LogP contribution in [0.1, 0.15) is 75.5 Å². The van der Waals surface area contributed by atoms with E-state index in [-0.39, 0.29) is 35.7 Å². The number of fused-ring (bicyclic) bond motifs is 1. The predicted octanol–water partition coefficient (Wildman–Crippen LogP) is 7.72. The SMILES string of the molecule is CC/C=C\C/C=C\C/C=C\C/C=C\C/C=C\CCCC(=O)OC1Cc2c(O)cc(O)cc2OC1c1cc(O)c(O)c(O)c1. The van der Waals surface area contributed by atoms with Gasteiger partial charge in [0.1, 0.15) is 23.4 Å². The van der Waals surface area contributed by atoms with Gasteiger partial charge in [-0.05, 0) is 57.1 Å². The van der Waals surface area contributed by atoms with E-state index in [2.05, 4.69) is 61.6 Å². The van der Waals surface area contributed by atoms with Gasteiger partial charge in [0.25, 0.3) is 0 Å². The third-order valence-corrected chi connectivity index (χ3v) is 6.78. The van der Waals surface area contributed by atoms with Crippen molar-refractivity contribution in [3.63, 3.8) is 0 Å². The van der Waals surface area contributed by atoms with Crippen LogP contribution in [0, 0.1) is 0 Å². The highest BCUT2D eigenvalue weighted by Gasteiger charge is 2.36. The number of aromatic hydroxyl groups is 5. The molecular weight excluding hydrogens is 548 g/mol. The van der Waals surface area contributed by atoms with Crippen molar-refractivity contribution in [2.24, 2.45) is 0 Å². The number of phenolic OH excluding ortho intramolecular Hbond substituents is 5. The highest BCUT2D eigenvalue weighted by Crippen LogP contribution is 2.45. The van der Waals surface area contributed by atoms with Gasteiger partial charge < -0.3 is 35.0 Å². The zero-order valence-electron chi connectivity index (χ0n) is 24.6. The number of benzene rings is 2. The standard InChI is InChI=1S/C35H42O8/c1-2-3-4-5-6-7-8-9-10-11-12-13-14-15-16-17-18-19-33(40)42-32-24-27-28(37)22-26(36)23-31(27)43-35(32)25-20-29(38)34(41)30(39)21-25/h3-4,6-7,9-10,12-13,15-16,20-23,32,35-39,41H,2,5,8,11,14,17-19,24H2,1H3/b4-3-,7-6-,10-9-,13-12-,16-15-. The molecular formula is C35H42O8. The van der Waals surface area contributed by atoms with Crippen molar-refractivity contribution in [1.82, 2.24) is 0 Å². The molecule has 0 aromatic heterocycles. The number of carbonyl (C=O) groups excluding carboxylic acids is 1. The molecule has 1 heterocycles. The predicted molar refractivity (Wildman–Crippen MR) is 166 cm³/mol. The van der Waals surface area contributed by atoms with Crippen molar-refractivity contribution in [2.45, 2.75) is 76.9 Å². The van der Waals surface area contributed by atoms with Crippen molar-refractivity contribution >= 4 is 5.97 Å². The molecule has 0 aliphatic carbocycles. The van der Waals surface area contributed by atoms with Crippen LogP contribution in [0.2, 0.25) is 0 Å². The Bertz CT molecular complexity index is 1330. The van der Waals surface area contributed by atoms with E-state index in [9.17, 15) is 30.3 Å². The van der Waals surface area contributed by atoms with Crippen LogP contribution >= 0.6 is 0 Å². The van der Waals surface area contributed by atoms with E-state index in [4.69, 9.17) is 9.47 Å². The molecule has 8 heteroatoms. The first kappa shape index (κ1) is 32.9. The van der Waals surface area contributed by atoms with Crippen LogP contribution in [0.25, 0.3) is 0 Å². The Hall–Kier alpha value is -4.59. The maximum atomic E-state index is 12.7. The fourth-order valence-corrected chi connectivity index (χ4v) is 4.58. The first-order valence-electron chi connectivity index (χ1n) is 14.7. The van der Waals surface area contributed by atoms with Crippen LogP contribution in [-0.2, 0) is 16.0 Å². The Morgan fingerprint density at radius 1 is 0.791 bits per heavy atom. The summed E-state index contributed by atoms with van der Waals surface area (Å²) in [5, 5.41) is 50.0. The molecule has 2 aromatic rings. The lowest BCUT2D eigenvalue weighted by Gasteiger charge is -2.34. The zero-order valence-corrected chi connectivity index (χ0v) is 24.6. The average Bonchev–Trinajstić information content (AvgIpc) is 2.97. The summed E-state index contributed by atoms with van der Waals surface area (Å²) >= 11 is 0. The molecule has 1 aliphatic heterocycles. The van der Waals surface area contributed by atoms with Crippen molar-refractivity contribution in [2.75, 3.05) is 0 Å². The van der Waals surface area contributed by atoms with Gasteiger partial charge >= 0.3 is 5.97 Å².